The number of urea groups is 1. The summed E-state index contributed by atoms with van der Waals surface area (Å²) in [5, 5.41) is 6.72. The Labute approximate surface area is 153 Å². The average Bonchev–Trinajstić information content (AvgIpc) is 3.41. The van der Waals surface area contributed by atoms with Gasteiger partial charge in [-0.1, -0.05) is 23.7 Å². The van der Waals surface area contributed by atoms with Crippen LogP contribution in [-0.2, 0) is 4.79 Å². The van der Waals surface area contributed by atoms with Gasteiger partial charge in [0, 0.05) is 24.0 Å². The van der Waals surface area contributed by atoms with Crippen molar-refractivity contribution in [2.24, 2.45) is 5.92 Å². The largest absolute Gasteiger partial charge is 0.353 e. The molecule has 2 aliphatic heterocycles. The van der Waals surface area contributed by atoms with Crippen molar-refractivity contribution in [3.05, 3.63) is 29.3 Å². The molecule has 2 heterocycles. The fourth-order valence-corrected chi connectivity index (χ4v) is 4.42. The van der Waals surface area contributed by atoms with Crippen LogP contribution in [0.4, 0.5) is 10.5 Å². The smallest absolute Gasteiger partial charge is 0.322 e. The number of fused-ring (bicyclic) bond motifs is 2. The summed E-state index contributed by atoms with van der Waals surface area (Å²) in [4.78, 5) is 26.9. The van der Waals surface area contributed by atoms with Gasteiger partial charge in [-0.05, 0) is 57.1 Å². The molecule has 0 unspecified atom stereocenters. The van der Waals surface area contributed by atoms with Gasteiger partial charge in [0.15, 0.2) is 0 Å². The van der Waals surface area contributed by atoms with Crippen LogP contribution in [0, 0.1) is 5.92 Å². The lowest BCUT2D eigenvalue weighted by molar-refractivity contribution is -0.123. The van der Waals surface area contributed by atoms with E-state index in [1.54, 1.807) is 6.07 Å². The third kappa shape index (κ3) is 3.61. The van der Waals surface area contributed by atoms with Gasteiger partial charge in [0.05, 0.1) is 10.7 Å². The lowest BCUT2D eigenvalue weighted by atomic mass is 9.82. The molecule has 5 nitrogen and oxygen atoms in total. The van der Waals surface area contributed by atoms with Gasteiger partial charge in [-0.25, -0.2) is 4.79 Å². The molecule has 1 aromatic rings. The third-order valence-electron chi connectivity index (χ3n) is 5.62. The molecule has 0 radical (unpaired) electrons. The van der Waals surface area contributed by atoms with Crippen LogP contribution < -0.4 is 10.6 Å². The molecule has 0 aromatic heterocycles. The molecular weight excluding hydrogens is 338 g/mol. The van der Waals surface area contributed by atoms with E-state index < -0.39 is 0 Å². The standard InChI is InChI=1S/C19H24ClN3O2/c20-16-6-1-2-7-17(16)22-19(25)23-14-4-3-5-15(23)11-13(10-14)21-18(24)12-8-9-12/h1-2,6-7,12-15H,3-5,8-11H2,(H,21,24)(H,22,25)/t14-,15-/m0/s1. The van der Waals surface area contributed by atoms with E-state index in [4.69, 9.17) is 11.6 Å². The maximum Gasteiger partial charge on any atom is 0.322 e. The Hall–Kier alpha value is -1.75. The lowest BCUT2D eigenvalue weighted by Gasteiger charge is -2.48. The first-order valence-corrected chi connectivity index (χ1v) is 9.64. The number of rotatable bonds is 3. The number of halogens is 1. The summed E-state index contributed by atoms with van der Waals surface area (Å²) in [6, 6.07) is 7.82. The van der Waals surface area contributed by atoms with Crippen LogP contribution in [0.1, 0.15) is 44.9 Å². The zero-order chi connectivity index (χ0) is 17.4. The van der Waals surface area contributed by atoms with Gasteiger partial charge in [-0.15, -0.1) is 0 Å². The summed E-state index contributed by atoms with van der Waals surface area (Å²) in [6.45, 7) is 0. The minimum absolute atomic E-state index is 0.0743. The van der Waals surface area contributed by atoms with E-state index in [9.17, 15) is 9.59 Å². The van der Waals surface area contributed by atoms with E-state index in [0.29, 0.717) is 10.7 Å². The highest BCUT2D eigenvalue weighted by atomic mass is 35.5. The molecule has 6 heteroatoms. The monoisotopic (exact) mass is 361 g/mol. The number of carbonyl (C=O) groups is 2. The summed E-state index contributed by atoms with van der Waals surface area (Å²) in [6.07, 6.45) is 6.91. The van der Waals surface area contributed by atoms with Gasteiger partial charge < -0.3 is 15.5 Å². The van der Waals surface area contributed by atoms with Crippen molar-refractivity contribution in [2.45, 2.75) is 63.1 Å². The average molecular weight is 362 g/mol. The molecule has 2 atom stereocenters. The van der Waals surface area contributed by atoms with Gasteiger partial charge in [0.25, 0.3) is 0 Å². The summed E-state index contributed by atoms with van der Waals surface area (Å²) in [7, 11) is 0. The SMILES string of the molecule is O=C(NC1C[C@@H]2CCC[C@@H](C1)N2C(=O)Nc1ccccc1Cl)C1CC1. The normalized spacial score (nSPS) is 28.4. The van der Waals surface area contributed by atoms with Gasteiger partial charge in [0.2, 0.25) is 5.91 Å². The number of carbonyl (C=O) groups excluding carboxylic acids is 2. The number of nitrogens with one attached hydrogen (secondary N) is 2. The van der Waals surface area contributed by atoms with Crippen molar-refractivity contribution < 1.29 is 9.59 Å². The van der Waals surface area contributed by atoms with E-state index in [1.807, 2.05) is 23.1 Å². The maximum absolute atomic E-state index is 12.8. The van der Waals surface area contributed by atoms with E-state index in [-0.39, 0.29) is 36.0 Å². The van der Waals surface area contributed by atoms with Crippen molar-refractivity contribution in [1.82, 2.24) is 10.2 Å². The first-order chi connectivity index (χ1) is 12.1. The molecule has 2 saturated heterocycles. The predicted octanol–water partition coefficient (Wildman–Crippen LogP) is 3.78. The van der Waals surface area contributed by atoms with Crippen molar-refractivity contribution in [1.29, 1.82) is 0 Å². The summed E-state index contributed by atoms with van der Waals surface area (Å²) in [5.74, 6) is 0.443. The van der Waals surface area contributed by atoms with Gasteiger partial charge in [-0.3, -0.25) is 4.79 Å². The highest BCUT2D eigenvalue weighted by Crippen LogP contribution is 2.36. The van der Waals surface area contributed by atoms with Crippen molar-refractivity contribution in [2.75, 3.05) is 5.32 Å². The van der Waals surface area contributed by atoms with Crippen LogP contribution in [0.15, 0.2) is 24.3 Å². The molecular formula is C19H24ClN3O2. The minimum Gasteiger partial charge on any atom is -0.353 e. The number of nitrogens with zero attached hydrogens (tertiary/aromatic N) is 1. The summed E-state index contributed by atoms with van der Waals surface area (Å²) >= 11 is 6.16. The minimum atomic E-state index is -0.0743. The van der Waals surface area contributed by atoms with Crippen LogP contribution in [0.3, 0.4) is 0 Å². The Morgan fingerprint density at radius 3 is 2.36 bits per heavy atom. The fraction of sp³-hybridized carbons (Fsp3) is 0.579. The van der Waals surface area contributed by atoms with Crippen molar-refractivity contribution in [3.8, 4) is 0 Å². The fourth-order valence-electron chi connectivity index (χ4n) is 4.24. The Kier molecular flexibility index (Phi) is 4.59. The zero-order valence-electron chi connectivity index (χ0n) is 14.2. The number of benzene rings is 1. The van der Waals surface area contributed by atoms with E-state index in [1.165, 1.54) is 0 Å². The number of hydrogen-bond acceptors (Lipinski definition) is 2. The molecule has 1 aliphatic carbocycles. The van der Waals surface area contributed by atoms with Crippen molar-refractivity contribution in [3.63, 3.8) is 0 Å². The number of anilines is 1. The molecule has 25 heavy (non-hydrogen) atoms. The van der Waals surface area contributed by atoms with Gasteiger partial charge >= 0.3 is 6.03 Å². The molecule has 0 spiro atoms. The quantitative estimate of drug-likeness (QED) is 0.860. The molecule has 4 rings (SSSR count). The highest BCUT2D eigenvalue weighted by Gasteiger charge is 2.42. The van der Waals surface area contributed by atoms with Crippen LogP contribution >= 0.6 is 11.6 Å². The Bertz CT molecular complexity index is 662. The second kappa shape index (κ2) is 6.87. The first kappa shape index (κ1) is 16.7. The molecule has 1 aromatic carbocycles. The molecule has 2 bridgehead atoms. The first-order valence-electron chi connectivity index (χ1n) is 9.26. The number of para-hydroxylation sites is 1. The number of hydrogen-bond donors (Lipinski definition) is 2. The second-order valence-electron chi connectivity index (χ2n) is 7.51. The van der Waals surface area contributed by atoms with E-state index in [0.717, 1.165) is 44.9 Å². The van der Waals surface area contributed by atoms with Gasteiger partial charge in [-0.2, -0.15) is 0 Å². The van der Waals surface area contributed by atoms with Gasteiger partial charge in [0.1, 0.15) is 0 Å². The molecule has 3 fully saturated rings. The second-order valence-corrected chi connectivity index (χ2v) is 7.91. The lowest BCUT2D eigenvalue weighted by Crippen LogP contribution is -2.59. The molecule has 134 valence electrons. The Morgan fingerprint density at radius 2 is 1.72 bits per heavy atom. The molecule has 2 N–H and O–H groups in total. The van der Waals surface area contributed by atoms with E-state index in [2.05, 4.69) is 10.6 Å². The topological polar surface area (TPSA) is 61.4 Å². The molecule has 3 aliphatic rings. The molecule has 3 amide bonds. The summed E-state index contributed by atoms with van der Waals surface area (Å²) < 4.78 is 0. The summed E-state index contributed by atoms with van der Waals surface area (Å²) in [5.41, 5.74) is 0.649. The highest BCUT2D eigenvalue weighted by molar-refractivity contribution is 6.33. The number of amides is 3. The number of piperidine rings is 2. The van der Waals surface area contributed by atoms with E-state index >= 15 is 0 Å². The van der Waals surface area contributed by atoms with Crippen LogP contribution in [0.5, 0.6) is 0 Å². The Morgan fingerprint density at radius 1 is 1.04 bits per heavy atom. The Balaban J connectivity index is 1.43. The molecule has 1 saturated carbocycles. The van der Waals surface area contributed by atoms with Crippen LogP contribution in [0.25, 0.3) is 0 Å². The van der Waals surface area contributed by atoms with Crippen LogP contribution in [-0.4, -0.2) is 35.0 Å². The zero-order valence-corrected chi connectivity index (χ0v) is 15.0. The van der Waals surface area contributed by atoms with Crippen LogP contribution in [0.2, 0.25) is 5.02 Å². The predicted molar refractivity (Wildman–Crippen MR) is 97.6 cm³/mol. The maximum atomic E-state index is 12.8. The van der Waals surface area contributed by atoms with Crippen molar-refractivity contribution >= 4 is 29.2 Å². The third-order valence-corrected chi connectivity index (χ3v) is 5.95.